The second-order valence-corrected chi connectivity index (χ2v) is 6.78. The molecule has 0 bridgehead atoms. The van der Waals surface area contributed by atoms with Crippen LogP contribution >= 0.6 is 11.6 Å². The van der Waals surface area contributed by atoms with Crippen LogP contribution in [0.25, 0.3) is 0 Å². The van der Waals surface area contributed by atoms with Gasteiger partial charge in [-0.25, -0.2) is 4.39 Å². The summed E-state index contributed by atoms with van der Waals surface area (Å²) in [4.78, 5) is 2.30. The van der Waals surface area contributed by atoms with E-state index in [9.17, 15) is 4.39 Å². The van der Waals surface area contributed by atoms with E-state index in [1.807, 2.05) is 0 Å². The van der Waals surface area contributed by atoms with Gasteiger partial charge in [0.25, 0.3) is 0 Å². The number of nitrogens with zero attached hydrogens (tertiary/aromatic N) is 1. The van der Waals surface area contributed by atoms with Crippen molar-refractivity contribution in [3.63, 3.8) is 0 Å². The quantitative estimate of drug-likeness (QED) is 0.896. The Labute approximate surface area is 119 Å². The summed E-state index contributed by atoms with van der Waals surface area (Å²) in [6, 6.07) is 5.37. The Morgan fingerprint density at radius 3 is 2.79 bits per heavy atom. The molecule has 0 saturated carbocycles. The zero-order valence-electron chi connectivity index (χ0n) is 11.8. The molecule has 0 aliphatic carbocycles. The summed E-state index contributed by atoms with van der Waals surface area (Å²) < 4.78 is 13.8. The molecule has 1 N–H and O–H groups in total. The van der Waals surface area contributed by atoms with Gasteiger partial charge >= 0.3 is 0 Å². The van der Waals surface area contributed by atoms with Crippen LogP contribution in [0.5, 0.6) is 0 Å². The minimum Gasteiger partial charge on any atom is -0.311 e. The van der Waals surface area contributed by atoms with E-state index in [0.29, 0.717) is 17.6 Å². The third-order valence-electron chi connectivity index (χ3n) is 3.71. The first-order valence-electron chi connectivity index (χ1n) is 6.76. The van der Waals surface area contributed by atoms with Crippen LogP contribution in [0.2, 0.25) is 5.02 Å². The lowest BCUT2D eigenvalue weighted by Crippen LogP contribution is -2.55. The van der Waals surface area contributed by atoms with E-state index >= 15 is 0 Å². The van der Waals surface area contributed by atoms with Crippen LogP contribution in [0.15, 0.2) is 18.2 Å². The molecule has 0 aromatic heterocycles. The second-order valence-electron chi connectivity index (χ2n) is 6.34. The molecule has 2 nitrogen and oxygen atoms in total. The largest absolute Gasteiger partial charge is 0.311 e. The first-order valence-corrected chi connectivity index (χ1v) is 7.14. The molecule has 0 amide bonds. The van der Waals surface area contributed by atoms with Gasteiger partial charge in [-0.05, 0) is 17.5 Å². The van der Waals surface area contributed by atoms with Gasteiger partial charge in [0.1, 0.15) is 5.82 Å². The van der Waals surface area contributed by atoms with Crippen LogP contribution in [-0.2, 0) is 6.54 Å². The molecule has 1 aromatic rings. The topological polar surface area (TPSA) is 15.3 Å². The molecule has 1 fully saturated rings. The minimum atomic E-state index is -0.210. The monoisotopic (exact) mass is 284 g/mol. The average molecular weight is 285 g/mol. The molecular formula is C15H22ClFN2. The van der Waals surface area contributed by atoms with E-state index in [1.54, 1.807) is 12.1 Å². The Morgan fingerprint density at radius 1 is 1.42 bits per heavy atom. The summed E-state index contributed by atoms with van der Waals surface area (Å²) in [5, 5.41) is 3.99. The maximum absolute atomic E-state index is 13.8. The van der Waals surface area contributed by atoms with Gasteiger partial charge in [-0.15, -0.1) is 0 Å². The molecule has 19 heavy (non-hydrogen) atoms. The van der Waals surface area contributed by atoms with Crippen LogP contribution in [0.3, 0.4) is 0 Å². The average Bonchev–Trinajstić information content (AvgIpc) is 2.32. The number of rotatable bonds is 2. The molecular weight excluding hydrogens is 263 g/mol. The van der Waals surface area contributed by atoms with Gasteiger partial charge in [0.15, 0.2) is 0 Å². The van der Waals surface area contributed by atoms with Crippen molar-refractivity contribution in [3.8, 4) is 0 Å². The van der Waals surface area contributed by atoms with Crippen molar-refractivity contribution in [2.24, 2.45) is 5.41 Å². The Balaban J connectivity index is 2.03. The lowest BCUT2D eigenvalue weighted by molar-refractivity contribution is 0.128. The van der Waals surface area contributed by atoms with Crippen molar-refractivity contribution in [1.29, 1.82) is 0 Å². The van der Waals surface area contributed by atoms with E-state index in [0.717, 1.165) is 25.2 Å². The zero-order chi connectivity index (χ0) is 14.0. The molecule has 1 aromatic carbocycles. The Morgan fingerprint density at radius 2 is 2.16 bits per heavy atom. The molecule has 2 rings (SSSR count). The fourth-order valence-corrected chi connectivity index (χ4v) is 2.58. The highest BCUT2D eigenvalue weighted by molar-refractivity contribution is 6.30. The molecule has 0 radical (unpaired) electrons. The molecule has 1 heterocycles. The smallest absolute Gasteiger partial charge is 0.129 e. The third-order valence-corrected chi connectivity index (χ3v) is 3.95. The number of piperazine rings is 1. The van der Waals surface area contributed by atoms with Crippen LogP contribution in [0, 0.1) is 11.2 Å². The molecule has 1 aliphatic heterocycles. The van der Waals surface area contributed by atoms with Gasteiger partial charge in [0, 0.05) is 42.8 Å². The first-order chi connectivity index (χ1) is 8.86. The SMILES string of the molecule is CC(C)(C)C1CN(Cc2ccc(Cl)cc2F)CCN1. The zero-order valence-corrected chi connectivity index (χ0v) is 12.6. The summed E-state index contributed by atoms with van der Waals surface area (Å²) in [5.41, 5.74) is 0.941. The van der Waals surface area contributed by atoms with E-state index in [1.165, 1.54) is 6.07 Å². The summed E-state index contributed by atoms with van der Waals surface area (Å²) in [5.74, 6) is -0.210. The fraction of sp³-hybridized carbons (Fsp3) is 0.600. The molecule has 1 unspecified atom stereocenters. The van der Waals surface area contributed by atoms with Gasteiger partial charge < -0.3 is 5.32 Å². The normalized spacial score (nSPS) is 21.6. The minimum absolute atomic E-state index is 0.210. The third kappa shape index (κ3) is 3.91. The molecule has 4 heteroatoms. The number of hydrogen-bond acceptors (Lipinski definition) is 2. The Kier molecular flexibility index (Phi) is 4.49. The highest BCUT2D eigenvalue weighted by Crippen LogP contribution is 2.23. The van der Waals surface area contributed by atoms with Gasteiger partial charge in [0.2, 0.25) is 0 Å². The van der Waals surface area contributed by atoms with E-state index in [-0.39, 0.29) is 11.2 Å². The highest BCUT2D eigenvalue weighted by Gasteiger charge is 2.29. The maximum atomic E-state index is 13.8. The van der Waals surface area contributed by atoms with Crippen LogP contribution in [-0.4, -0.2) is 30.6 Å². The summed E-state index contributed by atoms with van der Waals surface area (Å²) >= 11 is 5.78. The molecule has 0 spiro atoms. The molecule has 1 aliphatic rings. The van der Waals surface area contributed by atoms with Crippen molar-refractivity contribution in [2.45, 2.75) is 33.4 Å². The Hall–Kier alpha value is -0.640. The summed E-state index contributed by atoms with van der Waals surface area (Å²) in [7, 11) is 0. The summed E-state index contributed by atoms with van der Waals surface area (Å²) in [6.07, 6.45) is 0. The number of hydrogen-bond donors (Lipinski definition) is 1. The number of benzene rings is 1. The van der Waals surface area contributed by atoms with E-state index in [4.69, 9.17) is 11.6 Å². The van der Waals surface area contributed by atoms with Crippen molar-refractivity contribution >= 4 is 11.6 Å². The van der Waals surface area contributed by atoms with E-state index < -0.39 is 0 Å². The molecule has 106 valence electrons. The Bertz CT molecular complexity index is 442. The summed E-state index contributed by atoms with van der Waals surface area (Å²) in [6.45, 7) is 10.2. The predicted molar refractivity (Wildman–Crippen MR) is 77.9 cm³/mol. The van der Waals surface area contributed by atoms with Gasteiger partial charge in [-0.2, -0.15) is 0 Å². The van der Waals surface area contributed by atoms with Crippen LogP contribution in [0.4, 0.5) is 4.39 Å². The number of halogens is 2. The standard InChI is InChI=1S/C15H22ClFN2/c1-15(2,3)14-10-19(7-6-18-14)9-11-4-5-12(16)8-13(11)17/h4-5,8,14,18H,6-7,9-10H2,1-3H3. The van der Waals surface area contributed by atoms with Gasteiger partial charge in [-0.3, -0.25) is 4.90 Å². The maximum Gasteiger partial charge on any atom is 0.129 e. The van der Waals surface area contributed by atoms with Crippen molar-refractivity contribution < 1.29 is 4.39 Å². The van der Waals surface area contributed by atoms with Crippen molar-refractivity contribution in [1.82, 2.24) is 10.2 Å². The van der Waals surface area contributed by atoms with Crippen molar-refractivity contribution in [2.75, 3.05) is 19.6 Å². The van der Waals surface area contributed by atoms with Crippen molar-refractivity contribution in [3.05, 3.63) is 34.6 Å². The second kappa shape index (κ2) is 5.78. The molecule has 1 atom stereocenters. The van der Waals surface area contributed by atoms with Crippen LogP contribution in [0.1, 0.15) is 26.3 Å². The van der Waals surface area contributed by atoms with Gasteiger partial charge in [-0.1, -0.05) is 38.4 Å². The van der Waals surface area contributed by atoms with E-state index in [2.05, 4.69) is 31.0 Å². The fourth-order valence-electron chi connectivity index (χ4n) is 2.43. The predicted octanol–water partition coefficient (Wildman–Crippen LogP) is 3.30. The number of nitrogens with one attached hydrogen (secondary N) is 1. The molecule has 1 saturated heterocycles. The highest BCUT2D eigenvalue weighted by atomic mass is 35.5. The lowest BCUT2D eigenvalue weighted by atomic mass is 9.85. The lowest BCUT2D eigenvalue weighted by Gasteiger charge is -2.40. The van der Waals surface area contributed by atoms with Gasteiger partial charge in [0.05, 0.1) is 0 Å². The first kappa shape index (κ1) is 14.8. The van der Waals surface area contributed by atoms with Crippen LogP contribution < -0.4 is 5.32 Å².